The Bertz CT molecular complexity index is 1670. The smallest absolute Gasteiger partial charge is 0.301 e. The first kappa shape index (κ1) is 24.2. The normalized spacial score (nSPS) is 20.2. The largest absolute Gasteiger partial charge is 0.507 e. The van der Waals surface area contributed by atoms with Crippen LogP contribution in [0.1, 0.15) is 40.8 Å². The molecule has 7 nitrogen and oxygen atoms in total. The maximum Gasteiger partial charge on any atom is 0.301 e. The van der Waals surface area contributed by atoms with Crippen LogP contribution in [-0.4, -0.2) is 35.0 Å². The molecule has 192 valence electrons. The lowest BCUT2D eigenvalue weighted by molar-refractivity contribution is -0.132. The van der Waals surface area contributed by atoms with Crippen molar-refractivity contribution in [1.82, 2.24) is 4.98 Å². The summed E-state index contributed by atoms with van der Waals surface area (Å²) >= 11 is 1.35. The topological polar surface area (TPSA) is 89.0 Å². The van der Waals surface area contributed by atoms with Crippen molar-refractivity contribution in [2.75, 3.05) is 12.0 Å². The van der Waals surface area contributed by atoms with Crippen molar-refractivity contribution >= 4 is 44.1 Å². The average molecular weight is 527 g/mol. The molecule has 2 atom stereocenters. The van der Waals surface area contributed by atoms with Crippen molar-refractivity contribution in [2.45, 2.75) is 39.3 Å². The van der Waals surface area contributed by atoms with Gasteiger partial charge in [-0.3, -0.25) is 14.5 Å². The number of aryl methyl sites for hydroxylation is 2. The van der Waals surface area contributed by atoms with Crippen LogP contribution in [-0.2, 0) is 16.0 Å². The van der Waals surface area contributed by atoms with E-state index in [1.54, 1.807) is 37.4 Å². The summed E-state index contributed by atoms with van der Waals surface area (Å²) in [6.07, 6.45) is 0.741. The minimum Gasteiger partial charge on any atom is -0.507 e. The molecule has 1 saturated heterocycles. The number of hydrogen-bond donors (Lipinski definition) is 1. The molecule has 1 N–H and O–H groups in total. The number of aliphatic hydroxyl groups excluding tert-OH is 1. The Hall–Kier alpha value is -4.17. The molecular formula is C30H26N2O5S. The van der Waals surface area contributed by atoms with E-state index in [1.807, 2.05) is 45.0 Å². The highest BCUT2D eigenvalue weighted by molar-refractivity contribution is 7.22. The molecule has 38 heavy (non-hydrogen) atoms. The molecule has 3 heterocycles. The van der Waals surface area contributed by atoms with Crippen LogP contribution in [0, 0.1) is 13.8 Å². The molecular weight excluding hydrogens is 500 g/mol. The number of fused-ring (bicyclic) bond motifs is 2. The van der Waals surface area contributed by atoms with Gasteiger partial charge in [0.2, 0.25) is 0 Å². The van der Waals surface area contributed by atoms with Crippen LogP contribution in [0.15, 0.2) is 60.2 Å². The number of amides is 1. The molecule has 4 aromatic rings. The molecule has 0 unspecified atom stereocenters. The number of carbonyl (C=O) groups excluding carboxylic acids is 2. The van der Waals surface area contributed by atoms with E-state index in [2.05, 4.69) is 0 Å². The number of carbonyl (C=O) groups is 2. The summed E-state index contributed by atoms with van der Waals surface area (Å²) in [7, 11) is 1.56. The van der Waals surface area contributed by atoms with Gasteiger partial charge in [-0.25, -0.2) is 4.98 Å². The first-order chi connectivity index (χ1) is 18.2. The molecule has 2 aliphatic heterocycles. The molecule has 0 saturated carbocycles. The fourth-order valence-corrected chi connectivity index (χ4v) is 6.51. The predicted molar refractivity (Wildman–Crippen MR) is 147 cm³/mol. The third kappa shape index (κ3) is 3.83. The lowest BCUT2D eigenvalue weighted by Crippen LogP contribution is -2.29. The number of aromatic nitrogens is 1. The first-order valence-electron chi connectivity index (χ1n) is 12.4. The second-order valence-electron chi connectivity index (χ2n) is 9.83. The highest BCUT2D eigenvalue weighted by Gasteiger charge is 2.48. The SMILES string of the molecule is COc1cccc([C@H]2C(=C(O)c3ccc4c(c3)C[C@H](C)O4)C(=O)C(=O)N2c2nc3c(C)cc(C)cc3s2)c1. The van der Waals surface area contributed by atoms with Gasteiger partial charge in [0.25, 0.3) is 5.78 Å². The molecule has 0 radical (unpaired) electrons. The van der Waals surface area contributed by atoms with E-state index >= 15 is 0 Å². The predicted octanol–water partition coefficient (Wildman–Crippen LogP) is 5.87. The van der Waals surface area contributed by atoms with Crippen molar-refractivity contribution in [3.8, 4) is 11.5 Å². The number of ketones is 1. The molecule has 0 aliphatic carbocycles. The van der Waals surface area contributed by atoms with Crippen LogP contribution in [0.25, 0.3) is 16.0 Å². The summed E-state index contributed by atoms with van der Waals surface area (Å²) in [6, 6.07) is 15.7. The van der Waals surface area contributed by atoms with Crippen molar-refractivity contribution in [3.05, 3.63) is 88.0 Å². The average Bonchev–Trinajstić information content (AvgIpc) is 3.56. The van der Waals surface area contributed by atoms with Crippen LogP contribution >= 0.6 is 11.3 Å². The van der Waals surface area contributed by atoms with Crippen molar-refractivity contribution in [1.29, 1.82) is 0 Å². The maximum atomic E-state index is 13.6. The summed E-state index contributed by atoms with van der Waals surface area (Å²) in [6.45, 7) is 5.97. The number of anilines is 1. The Morgan fingerprint density at radius 1 is 1.13 bits per heavy atom. The second-order valence-corrected chi connectivity index (χ2v) is 10.8. The highest BCUT2D eigenvalue weighted by atomic mass is 32.1. The molecule has 1 aromatic heterocycles. The standard InChI is InChI=1S/C30H26N2O5S/c1-15-10-16(2)25-23(11-15)38-30(31-25)32-26(18-6-5-7-21(14-18)36-4)24(28(34)29(32)35)27(33)19-8-9-22-20(13-19)12-17(3)37-22/h5-11,13-14,17,26,33H,12H2,1-4H3/t17-,26-/m0/s1. The molecule has 0 bridgehead atoms. The Balaban J connectivity index is 1.55. The van der Waals surface area contributed by atoms with Crippen LogP contribution in [0.5, 0.6) is 11.5 Å². The molecule has 1 fully saturated rings. The Morgan fingerprint density at radius 2 is 1.95 bits per heavy atom. The number of benzene rings is 3. The lowest BCUT2D eigenvalue weighted by atomic mass is 9.94. The van der Waals surface area contributed by atoms with Gasteiger partial charge in [-0.15, -0.1) is 0 Å². The van der Waals surface area contributed by atoms with E-state index in [0.29, 0.717) is 28.4 Å². The molecule has 6 rings (SSSR count). The molecule has 3 aromatic carbocycles. The first-order valence-corrected chi connectivity index (χ1v) is 13.2. The summed E-state index contributed by atoms with van der Waals surface area (Å²) in [4.78, 5) is 33.4. The summed E-state index contributed by atoms with van der Waals surface area (Å²) in [5.41, 5.74) is 4.93. The third-order valence-corrected chi connectivity index (χ3v) is 8.05. The van der Waals surface area contributed by atoms with E-state index < -0.39 is 17.7 Å². The molecule has 0 spiro atoms. The van der Waals surface area contributed by atoms with Gasteiger partial charge in [0.1, 0.15) is 23.4 Å². The van der Waals surface area contributed by atoms with Crippen molar-refractivity contribution < 1.29 is 24.2 Å². The number of aliphatic hydroxyl groups is 1. The Labute approximate surface area is 224 Å². The van der Waals surface area contributed by atoms with Crippen LogP contribution in [0.4, 0.5) is 5.13 Å². The zero-order chi connectivity index (χ0) is 26.7. The monoisotopic (exact) mass is 526 g/mol. The minimum absolute atomic E-state index is 0.0160. The van der Waals surface area contributed by atoms with E-state index in [1.165, 1.54) is 16.2 Å². The van der Waals surface area contributed by atoms with Gasteiger partial charge in [-0.1, -0.05) is 29.5 Å². The summed E-state index contributed by atoms with van der Waals surface area (Å²) in [5, 5.41) is 11.9. The zero-order valence-electron chi connectivity index (χ0n) is 21.4. The number of Topliss-reactive ketones (excluding diaryl/α,β-unsaturated/α-hetero) is 1. The van der Waals surface area contributed by atoms with Gasteiger partial charge in [0.05, 0.1) is 28.9 Å². The third-order valence-electron chi connectivity index (χ3n) is 7.05. The van der Waals surface area contributed by atoms with Crippen molar-refractivity contribution in [2.24, 2.45) is 0 Å². The molecule has 2 aliphatic rings. The number of methoxy groups -OCH3 is 1. The summed E-state index contributed by atoms with van der Waals surface area (Å²) in [5.74, 6) is -0.376. The van der Waals surface area contributed by atoms with Gasteiger partial charge in [-0.2, -0.15) is 0 Å². The van der Waals surface area contributed by atoms with Gasteiger partial charge in [0, 0.05) is 12.0 Å². The Kier molecular flexibility index (Phi) is 5.72. The summed E-state index contributed by atoms with van der Waals surface area (Å²) < 4.78 is 12.2. The number of nitrogens with zero attached hydrogens (tertiary/aromatic N) is 2. The Morgan fingerprint density at radius 3 is 2.74 bits per heavy atom. The van der Waals surface area contributed by atoms with Gasteiger partial charge in [0.15, 0.2) is 5.13 Å². The highest BCUT2D eigenvalue weighted by Crippen LogP contribution is 2.45. The van der Waals surface area contributed by atoms with Crippen LogP contribution in [0.3, 0.4) is 0 Å². The number of ether oxygens (including phenoxy) is 2. The number of rotatable bonds is 4. The van der Waals surface area contributed by atoms with Crippen LogP contribution < -0.4 is 14.4 Å². The zero-order valence-corrected chi connectivity index (χ0v) is 22.3. The van der Waals surface area contributed by atoms with Gasteiger partial charge >= 0.3 is 5.91 Å². The van der Waals surface area contributed by atoms with E-state index in [9.17, 15) is 14.7 Å². The maximum absolute atomic E-state index is 13.6. The molecule has 1 amide bonds. The number of hydrogen-bond acceptors (Lipinski definition) is 7. The fourth-order valence-electron chi connectivity index (χ4n) is 5.34. The quantitative estimate of drug-likeness (QED) is 0.203. The fraction of sp³-hybridized carbons (Fsp3) is 0.233. The lowest BCUT2D eigenvalue weighted by Gasteiger charge is -2.23. The van der Waals surface area contributed by atoms with E-state index in [0.717, 1.165) is 32.7 Å². The molecule has 8 heteroatoms. The van der Waals surface area contributed by atoms with E-state index in [-0.39, 0.29) is 17.4 Å². The van der Waals surface area contributed by atoms with Gasteiger partial charge in [-0.05, 0) is 79.4 Å². The number of thiazole rings is 1. The van der Waals surface area contributed by atoms with Gasteiger partial charge < -0.3 is 14.6 Å². The minimum atomic E-state index is -0.879. The van der Waals surface area contributed by atoms with E-state index in [4.69, 9.17) is 14.5 Å². The van der Waals surface area contributed by atoms with Crippen molar-refractivity contribution in [3.63, 3.8) is 0 Å². The second kappa shape index (κ2) is 8.99. The van der Waals surface area contributed by atoms with Crippen LogP contribution in [0.2, 0.25) is 0 Å².